The maximum atomic E-state index is 13.3. The van der Waals surface area contributed by atoms with Crippen LogP contribution >= 0.6 is 9.24 Å². The summed E-state index contributed by atoms with van der Waals surface area (Å²) in [4.78, 5) is 16.8. The van der Waals surface area contributed by atoms with Crippen molar-refractivity contribution in [1.82, 2.24) is 4.90 Å². The van der Waals surface area contributed by atoms with Crippen molar-refractivity contribution >= 4 is 30.7 Å². The van der Waals surface area contributed by atoms with Crippen molar-refractivity contribution in [2.45, 2.75) is 31.3 Å². The first-order valence-corrected chi connectivity index (χ1v) is 12.6. The van der Waals surface area contributed by atoms with E-state index in [9.17, 15) is 22.0 Å². The van der Waals surface area contributed by atoms with Crippen LogP contribution in [0, 0.1) is 6.92 Å². The fourth-order valence-electron chi connectivity index (χ4n) is 3.29. The summed E-state index contributed by atoms with van der Waals surface area (Å²) in [6, 6.07) is 10.7. The molecule has 1 unspecified atom stereocenters. The molecule has 1 saturated heterocycles. The molecule has 0 bridgehead atoms. The Hall–Kier alpha value is -2.05. The highest BCUT2D eigenvalue weighted by Crippen LogP contribution is 2.35. The number of aryl methyl sites for hydroxylation is 1. The van der Waals surface area contributed by atoms with E-state index < -0.39 is 15.5 Å². The third-order valence-electron chi connectivity index (χ3n) is 5.05. The first-order valence-electron chi connectivity index (χ1n) is 10.1. The molecule has 1 aliphatic heterocycles. The zero-order valence-corrected chi connectivity index (χ0v) is 20.2. The lowest BCUT2D eigenvalue weighted by Crippen LogP contribution is -2.49. The lowest BCUT2D eigenvalue weighted by molar-refractivity contribution is 0.0745. The summed E-state index contributed by atoms with van der Waals surface area (Å²) in [5.74, 6) is -0.203. The number of alkyl halides is 2. The van der Waals surface area contributed by atoms with Gasteiger partial charge < -0.3 is 9.80 Å². The summed E-state index contributed by atoms with van der Waals surface area (Å²) >= 11 is 0. The first kappa shape index (κ1) is 25.2. The zero-order chi connectivity index (χ0) is 23.4. The van der Waals surface area contributed by atoms with Crippen molar-refractivity contribution < 1.29 is 22.0 Å². The van der Waals surface area contributed by atoms with E-state index in [4.69, 9.17) is 0 Å². The third-order valence-corrected chi connectivity index (χ3v) is 6.50. The maximum absolute atomic E-state index is 13.3. The molecule has 1 fully saturated rings. The predicted octanol–water partition coefficient (Wildman–Crippen LogP) is 4.31. The quantitative estimate of drug-likeness (QED) is 0.625. The highest BCUT2D eigenvalue weighted by molar-refractivity contribution is 7.90. The number of hydrogen-bond acceptors (Lipinski definition) is 4. The molecule has 0 aliphatic carbocycles. The van der Waals surface area contributed by atoms with Gasteiger partial charge in [0.05, 0.1) is 4.90 Å². The molecule has 3 rings (SSSR count). The van der Waals surface area contributed by atoms with Gasteiger partial charge in [-0.3, -0.25) is 4.79 Å². The normalized spacial score (nSPS) is 14.7. The number of piperazine rings is 1. The molecule has 1 amide bonds. The molecule has 0 spiro atoms. The maximum Gasteiger partial charge on any atom is 0.283 e. The van der Waals surface area contributed by atoms with E-state index in [0.29, 0.717) is 31.7 Å². The second-order valence-electron chi connectivity index (χ2n) is 7.20. The van der Waals surface area contributed by atoms with Gasteiger partial charge in [0.25, 0.3) is 11.6 Å². The average molecular weight is 471 g/mol. The minimum absolute atomic E-state index is 0.0682. The van der Waals surface area contributed by atoms with E-state index >= 15 is 0 Å². The van der Waals surface area contributed by atoms with Gasteiger partial charge in [-0.05, 0) is 36.8 Å². The van der Waals surface area contributed by atoms with Crippen molar-refractivity contribution in [3.05, 3.63) is 59.2 Å². The van der Waals surface area contributed by atoms with Crippen LogP contribution in [0.2, 0.25) is 0 Å². The van der Waals surface area contributed by atoms with Crippen LogP contribution in [0.3, 0.4) is 0 Å². The molecule has 1 aliphatic rings. The Morgan fingerprint density at radius 3 is 2.03 bits per heavy atom. The van der Waals surface area contributed by atoms with Crippen LogP contribution in [0.1, 0.15) is 35.3 Å². The SMILES string of the molecule is CC.Cc1ccc(S(C)(=O)=O)cc1C(=O)N1CCN(c2ccc(C(F)(F)P)cc2)CC1. The second-order valence-corrected chi connectivity index (χ2v) is 9.94. The summed E-state index contributed by atoms with van der Waals surface area (Å²) in [5.41, 5.74) is -1.10. The lowest BCUT2D eigenvalue weighted by atomic mass is 10.1. The molecule has 0 saturated carbocycles. The monoisotopic (exact) mass is 470 g/mol. The minimum atomic E-state index is -3.40. The zero-order valence-electron chi connectivity index (χ0n) is 18.2. The number of rotatable bonds is 4. The van der Waals surface area contributed by atoms with E-state index in [2.05, 4.69) is 0 Å². The largest absolute Gasteiger partial charge is 0.368 e. The fraction of sp³-hybridized carbons (Fsp3) is 0.409. The topological polar surface area (TPSA) is 57.7 Å². The molecule has 9 heteroatoms. The molecule has 0 radical (unpaired) electrons. The Morgan fingerprint density at radius 1 is 1.00 bits per heavy atom. The standard InChI is InChI=1S/C20H23F2N2O3PS.C2H6/c1-14-3-8-17(29(2,26)27)13-18(14)19(25)24-11-9-23(10-12-24)16-6-4-15(5-7-16)20(21,22)28;1-2/h3-8,13H,9-12,28H2,1-2H3;1-2H3. The summed E-state index contributed by atoms with van der Waals surface area (Å²) in [6.45, 7) is 7.82. The van der Waals surface area contributed by atoms with Gasteiger partial charge >= 0.3 is 0 Å². The number of sulfone groups is 1. The Labute approximate surface area is 185 Å². The molecule has 0 aromatic heterocycles. The first-order chi connectivity index (χ1) is 14.5. The molecular formula is C22H29F2N2O3PS. The van der Waals surface area contributed by atoms with Crippen molar-refractivity contribution in [2.75, 3.05) is 37.3 Å². The highest BCUT2D eigenvalue weighted by atomic mass is 32.2. The average Bonchev–Trinajstić information content (AvgIpc) is 2.74. The van der Waals surface area contributed by atoms with Crippen molar-refractivity contribution in [3.63, 3.8) is 0 Å². The fourth-order valence-corrected chi connectivity index (χ4v) is 4.13. The lowest BCUT2D eigenvalue weighted by Gasteiger charge is -2.36. The smallest absolute Gasteiger partial charge is 0.283 e. The van der Waals surface area contributed by atoms with Gasteiger partial charge in [0.15, 0.2) is 9.84 Å². The van der Waals surface area contributed by atoms with Crippen molar-refractivity contribution in [1.29, 1.82) is 0 Å². The molecule has 2 aromatic rings. The molecule has 31 heavy (non-hydrogen) atoms. The molecule has 1 atom stereocenters. The van der Waals surface area contributed by atoms with Gasteiger partial charge in [-0.15, -0.1) is 0 Å². The number of amides is 1. The van der Waals surface area contributed by atoms with Gasteiger partial charge in [-0.25, -0.2) is 8.42 Å². The molecule has 0 N–H and O–H groups in total. The van der Waals surface area contributed by atoms with E-state index in [1.165, 1.54) is 33.5 Å². The summed E-state index contributed by atoms with van der Waals surface area (Å²) in [5, 5.41) is 0. The van der Waals surface area contributed by atoms with Gasteiger partial charge in [0, 0.05) is 49.2 Å². The van der Waals surface area contributed by atoms with Crippen molar-refractivity contribution in [3.8, 4) is 0 Å². The van der Waals surface area contributed by atoms with Crippen LogP contribution < -0.4 is 4.90 Å². The van der Waals surface area contributed by atoms with E-state index in [1.54, 1.807) is 30.0 Å². The number of nitrogens with zero attached hydrogens (tertiary/aromatic N) is 2. The Morgan fingerprint density at radius 2 is 1.55 bits per heavy atom. The van der Waals surface area contributed by atoms with Crippen LogP contribution in [-0.4, -0.2) is 51.7 Å². The van der Waals surface area contributed by atoms with E-state index in [0.717, 1.165) is 17.5 Å². The Balaban J connectivity index is 0.00000166. The van der Waals surface area contributed by atoms with Gasteiger partial charge in [0.2, 0.25) is 0 Å². The number of carbonyl (C=O) groups is 1. The Kier molecular flexibility index (Phi) is 8.17. The van der Waals surface area contributed by atoms with E-state index in [-0.39, 0.29) is 16.4 Å². The van der Waals surface area contributed by atoms with Crippen LogP contribution in [0.4, 0.5) is 14.5 Å². The number of anilines is 1. The van der Waals surface area contributed by atoms with Gasteiger partial charge in [-0.1, -0.05) is 41.3 Å². The van der Waals surface area contributed by atoms with Crippen LogP contribution in [-0.2, 0) is 15.5 Å². The summed E-state index contributed by atoms with van der Waals surface area (Å²) in [7, 11) is -1.87. The Bertz CT molecular complexity index is 1010. The number of carbonyl (C=O) groups excluding carboxylic acids is 1. The van der Waals surface area contributed by atoms with Crippen LogP contribution in [0.15, 0.2) is 47.4 Å². The molecule has 2 aromatic carbocycles. The minimum Gasteiger partial charge on any atom is -0.368 e. The number of hydrogen-bond donors (Lipinski definition) is 0. The van der Waals surface area contributed by atoms with Crippen molar-refractivity contribution in [2.24, 2.45) is 0 Å². The van der Waals surface area contributed by atoms with Crippen LogP contribution in [0.25, 0.3) is 0 Å². The number of benzene rings is 2. The highest BCUT2D eigenvalue weighted by Gasteiger charge is 2.26. The second kappa shape index (κ2) is 10.0. The van der Waals surface area contributed by atoms with Gasteiger partial charge in [-0.2, -0.15) is 8.78 Å². The number of halogens is 2. The van der Waals surface area contributed by atoms with Crippen LogP contribution in [0.5, 0.6) is 0 Å². The van der Waals surface area contributed by atoms with Gasteiger partial charge in [0.1, 0.15) is 0 Å². The third kappa shape index (κ3) is 6.23. The molecule has 1 heterocycles. The van der Waals surface area contributed by atoms with E-state index in [1.807, 2.05) is 18.7 Å². The predicted molar refractivity (Wildman–Crippen MR) is 124 cm³/mol. The molecule has 5 nitrogen and oxygen atoms in total. The molecule has 170 valence electrons. The summed E-state index contributed by atoms with van der Waals surface area (Å²) < 4.78 is 50.3. The summed E-state index contributed by atoms with van der Waals surface area (Å²) in [6.07, 6.45) is 1.11. The molecular weight excluding hydrogens is 441 g/mol.